The van der Waals surface area contributed by atoms with E-state index in [4.69, 9.17) is 5.73 Å². The molecule has 0 saturated carbocycles. The van der Waals surface area contributed by atoms with Crippen molar-refractivity contribution in [2.24, 2.45) is 10.7 Å². The van der Waals surface area contributed by atoms with Crippen LogP contribution in [-0.4, -0.2) is 53.2 Å². The van der Waals surface area contributed by atoms with Gasteiger partial charge in [-0.3, -0.25) is 4.99 Å². The first-order chi connectivity index (χ1) is 17.6. The lowest BCUT2D eigenvalue weighted by molar-refractivity contribution is -0.266. The first-order valence-corrected chi connectivity index (χ1v) is 12.3. The molecule has 0 bridgehead atoms. The Kier molecular flexibility index (Phi) is 10.1. The molecule has 0 fully saturated rings. The maximum Gasteiger partial charge on any atom is 0.417 e. The third-order valence-corrected chi connectivity index (χ3v) is 6.21. The minimum Gasteiger partial charge on any atom is -0.508 e. The number of alkyl halides is 3. The van der Waals surface area contributed by atoms with Gasteiger partial charge in [0, 0.05) is 24.2 Å². The largest absolute Gasteiger partial charge is 0.508 e. The van der Waals surface area contributed by atoms with Gasteiger partial charge in [0.05, 0.1) is 11.4 Å². The third kappa shape index (κ3) is 8.07. The standard InChI is InChI=1S/C30H38F3N3O2/c1-7-24(35-25(8-2)19-36(5)6)17-23(34)18-29(38,30(31,32)33)20-28(3,4)26-16-22(14-15-27(26)37)21-12-10-9-11-13-21/h7-17,37-38H,2,18-20,34H2,1,3-6H3/b23-17-,24-7-,35-25?. The Hall–Kier alpha value is -3.36. The molecular formula is C30H38F3N3O2. The van der Waals surface area contributed by atoms with Crippen LogP contribution >= 0.6 is 0 Å². The second-order valence-corrected chi connectivity index (χ2v) is 10.3. The summed E-state index contributed by atoms with van der Waals surface area (Å²) in [7, 11) is 3.72. The lowest BCUT2D eigenvalue weighted by Crippen LogP contribution is -2.50. The molecule has 0 amide bonds. The second kappa shape index (κ2) is 12.5. The lowest BCUT2D eigenvalue weighted by Gasteiger charge is -2.38. The molecule has 206 valence electrons. The van der Waals surface area contributed by atoms with Crippen LogP contribution in [0.2, 0.25) is 0 Å². The minimum atomic E-state index is -4.98. The normalized spacial score (nSPS) is 15.5. The average Bonchev–Trinajstić information content (AvgIpc) is 2.82. The molecule has 0 saturated heterocycles. The molecule has 0 radical (unpaired) electrons. The Balaban J connectivity index is 2.43. The monoisotopic (exact) mass is 529 g/mol. The zero-order chi connectivity index (χ0) is 28.7. The van der Waals surface area contributed by atoms with Gasteiger partial charge in [-0.15, -0.1) is 0 Å². The van der Waals surface area contributed by atoms with Crippen molar-refractivity contribution < 1.29 is 23.4 Å². The van der Waals surface area contributed by atoms with E-state index >= 15 is 0 Å². The van der Waals surface area contributed by atoms with Crippen molar-refractivity contribution in [2.75, 3.05) is 20.6 Å². The summed E-state index contributed by atoms with van der Waals surface area (Å²) in [6, 6.07) is 14.1. The van der Waals surface area contributed by atoms with Crippen LogP contribution in [-0.2, 0) is 5.41 Å². The molecule has 0 spiro atoms. The molecule has 2 rings (SSSR count). The van der Waals surface area contributed by atoms with Crippen LogP contribution in [0.3, 0.4) is 0 Å². The van der Waals surface area contributed by atoms with Gasteiger partial charge >= 0.3 is 6.18 Å². The topological polar surface area (TPSA) is 82.1 Å². The van der Waals surface area contributed by atoms with Gasteiger partial charge in [0.1, 0.15) is 5.75 Å². The number of hydrogen-bond acceptors (Lipinski definition) is 5. The SMILES string of the molecule is C=CC(CN(C)C)=NC(/C=C(\N)CC(O)(CC(C)(C)c1cc(-c2ccccc2)ccc1O)C(F)(F)F)=C\C. The van der Waals surface area contributed by atoms with Gasteiger partial charge in [-0.05, 0) is 68.3 Å². The van der Waals surface area contributed by atoms with Crippen LogP contribution in [0.4, 0.5) is 13.2 Å². The molecule has 2 aromatic rings. The number of allylic oxidation sites excluding steroid dienone is 2. The van der Waals surface area contributed by atoms with Gasteiger partial charge in [0.2, 0.25) is 0 Å². The van der Waals surface area contributed by atoms with Crippen LogP contribution in [0.25, 0.3) is 11.1 Å². The molecule has 1 atom stereocenters. The van der Waals surface area contributed by atoms with Gasteiger partial charge in [-0.1, -0.05) is 62.9 Å². The van der Waals surface area contributed by atoms with Gasteiger partial charge < -0.3 is 20.8 Å². The summed E-state index contributed by atoms with van der Waals surface area (Å²) in [5.41, 5.74) is 4.33. The van der Waals surface area contributed by atoms with Crippen LogP contribution in [0.15, 0.2) is 89.7 Å². The van der Waals surface area contributed by atoms with E-state index in [1.54, 1.807) is 45.1 Å². The maximum atomic E-state index is 14.3. The fraction of sp³-hybridized carbons (Fsp3) is 0.367. The first-order valence-electron chi connectivity index (χ1n) is 12.3. The Morgan fingerprint density at radius 1 is 1.08 bits per heavy atom. The van der Waals surface area contributed by atoms with Gasteiger partial charge in [0.25, 0.3) is 0 Å². The molecule has 5 nitrogen and oxygen atoms in total. The highest BCUT2D eigenvalue weighted by molar-refractivity contribution is 5.97. The number of aliphatic hydroxyl groups is 1. The Morgan fingerprint density at radius 2 is 1.71 bits per heavy atom. The molecule has 8 heteroatoms. The fourth-order valence-corrected chi connectivity index (χ4v) is 4.37. The minimum absolute atomic E-state index is 0.147. The number of phenols is 1. The molecule has 0 heterocycles. The Morgan fingerprint density at radius 3 is 2.24 bits per heavy atom. The molecule has 38 heavy (non-hydrogen) atoms. The van der Waals surface area contributed by atoms with Crippen molar-refractivity contribution in [1.82, 2.24) is 4.90 Å². The van der Waals surface area contributed by atoms with E-state index in [0.717, 1.165) is 11.1 Å². The van der Waals surface area contributed by atoms with Crippen LogP contribution in [0, 0.1) is 0 Å². The van der Waals surface area contributed by atoms with E-state index < -0.39 is 30.0 Å². The number of rotatable bonds is 11. The highest BCUT2D eigenvalue weighted by Crippen LogP contribution is 2.46. The number of phenolic OH excluding ortho intramolecular Hbond substituents is 1. The summed E-state index contributed by atoms with van der Waals surface area (Å²) >= 11 is 0. The molecule has 0 aliphatic heterocycles. The summed E-state index contributed by atoms with van der Waals surface area (Å²) < 4.78 is 43.0. The molecule has 4 N–H and O–H groups in total. The predicted octanol–water partition coefficient (Wildman–Crippen LogP) is 6.35. The highest BCUT2D eigenvalue weighted by Gasteiger charge is 2.56. The molecular weight excluding hydrogens is 491 g/mol. The summed E-state index contributed by atoms with van der Waals surface area (Å²) in [6.45, 7) is 9.03. The summed E-state index contributed by atoms with van der Waals surface area (Å²) in [5.74, 6) is -0.147. The lowest BCUT2D eigenvalue weighted by atomic mass is 9.72. The van der Waals surface area contributed by atoms with E-state index in [1.165, 1.54) is 12.1 Å². The number of nitrogens with zero attached hydrogens (tertiary/aromatic N) is 2. The first kappa shape index (κ1) is 30.9. The molecule has 0 aromatic heterocycles. The third-order valence-electron chi connectivity index (χ3n) is 6.21. The molecule has 1 unspecified atom stereocenters. The summed E-state index contributed by atoms with van der Waals surface area (Å²) in [5, 5.41) is 21.6. The van der Waals surface area contributed by atoms with E-state index in [2.05, 4.69) is 11.6 Å². The number of hydrogen-bond donors (Lipinski definition) is 3. The number of benzene rings is 2. The number of aromatic hydroxyl groups is 1. The molecule has 2 aromatic carbocycles. The van der Waals surface area contributed by atoms with Crippen molar-refractivity contribution in [3.8, 4) is 16.9 Å². The van der Waals surface area contributed by atoms with Crippen LogP contribution in [0.1, 0.15) is 39.2 Å². The van der Waals surface area contributed by atoms with Crippen molar-refractivity contribution in [1.29, 1.82) is 0 Å². The van der Waals surface area contributed by atoms with Gasteiger partial charge in [-0.25, -0.2) is 0 Å². The Labute approximate surface area is 223 Å². The zero-order valence-corrected chi connectivity index (χ0v) is 22.7. The van der Waals surface area contributed by atoms with Crippen molar-refractivity contribution >= 4 is 5.71 Å². The van der Waals surface area contributed by atoms with E-state index in [0.29, 0.717) is 23.5 Å². The van der Waals surface area contributed by atoms with Crippen molar-refractivity contribution in [2.45, 2.75) is 50.8 Å². The number of nitrogens with two attached hydrogens (primary N) is 1. The second-order valence-electron chi connectivity index (χ2n) is 10.3. The molecule has 0 aliphatic rings. The van der Waals surface area contributed by atoms with Crippen LogP contribution < -0.4 is 5.73 Å². The van der Waals surface area contributed by atoms with Crippen LogP contribution in [0.5, 0.6) is 5.75 Å². The number of halogens is 3. The summed E-state index contributed by atoms with van der Waals surface area (Å²) in [4.78, 5) is 6.31. The van der Waals surface area contributed by atoms with Gasteiger partial charge in [-0.2, -0.15) is 13.2 Å². The quantitative estimate of drug-likeness (QED) is 0.234. The van der Waals surface area contributed by atoms with E-state index in [-0.39, 0.29) is 11.4 Å². The van der Waals surface area contributed by atoms with Crippen molar-refractivity contribution in [3.05, 3.63) is 90.3 Å². The Bertz CT molecular complexity index is 1200. The smallest absolute Gasteiger partial charge is 0.417 e. The highest BCUT2D eigenvalue weighted by atomic mass is 19.4. The van der Waals surface area contributed by atoms with E-state index in [1.807, 2.05) is 49.3 Å². The van der Waals surface area contributed by atoms with Gasteiger partial charge in [0.15, 0.2) is 5.60 Å². The zero-order valence-electron chi connectivity index (χ0n) is 22.7. The summed E-state index contributed by atoms with van der Waals surface area (Å²) in [6.07, 6.45) is -2.05. The van der Waals surface area contributed by atoms with Crippen molar-refractivity contribution in [3.63, 3.8) is 0 Å². The molecule has 0 aliphatic carbocycles. The van der Waals surface area contributed by atoms with E-state index in [9.17, 15) is 23.4 Å². The maximum absolute atomic E-state index is 14.3. The number of aliphatic imine (C=N–C) groups is 1. The fourth-order valence-electron chi connectivity index (χ4n) is 4.37. The average molecular weight is 530 g/mol. The predicted molar refractivity (Wildman–Crippen MR) is 149 cm³/mol.